The molecule has 1 aromatic rings. The van der Waals surface area contributed by atoms with Crippen molar-refractivity contribution in [1.82, 2.24) is 10.6 Å². The van der Waals surface area contributed by atoms with E-state index >= 15 is 0 Å². The van der Waals surface area contributed by atoms with Crippen LogP contribution in [0.25, 0.3) is 0 Å². The summed E-state index contributed by atoms with van der Waals surface area (Å²) < 4.78 is 0. The minimum atomic E-state index is -0.00766. The molecule has 4 heteroatoms. The lowest BCUT2D eigenvalue weighted by Crippen LogP contribution is -2.42. The zero-order valence-electron chi connectivity index (χ0n) is 12.9. The number of carbonyl (C=O) groups is 1. The summed E-state index contributed by atoms with van der Waals surface area (Å²) in [6.45, 7) is 6.81. The molecule has 2 N–H and O–H groups in total. The van der Waals surface area contributed by atoms with E-state index in [2.05, 4.69) is 36.6 Å². The predicted molar refractivity (Wildman–Crippen MR) is 87.7 cm³/mol. The molecule has 1 atom stereocenters. The van der Waals surface area contributed by atoms with E-state index in [0.29, 0.717) is 6.54 Å². The van der Waals surface area contributed by atoms with Crippen molar-refractivity contribution in [2.45, 2.75) is 38.5 Å². The Hall–Kier alpha value is -1.06. The van der Waals surface area contributed by atoms with Gasteiger partial charge in [-0.25, -0.2) is 0 Å². The molecule has 1 unspecified atom stereocenters. The largest absolute Gasteiger partial charge is 0.355 e. The lowest BCUT2D eigenvalue weighted by Gasteiger charge is -2.33. The first kappa shape index (κ1) is 16.3. The maximum absolute atomic E-state index is 12.2. The number of hydrogen-bond donors (Lipinski definition) is 2. The van der Waals surface area contributed by atoms with E-state index in [0.717, 1.165) is 37.4 Å². The summed E-state index contributed by atoms with van der Waals surface area (Å²) in [5.41, 5.74) is 1.24. The second-order valence-corrected chi connectivity index (χ2v) is 6.34. The number of benzene rings is 1. The topological polar surface area (TPSA) is 41.1 Å². The van der Waals surface area contributed by atoms with E-state index < -0.39 is 0 Å². The minimum Gasteiger partial charge on any atom is -0.355 e. The second kappa shape index (κ2) is 7.28. The van der Waals surface area contributed by atoms with Crippen molar-refractivity contribution in [2.24, 2.45) is 5.92 Å². The zero-order chi connectivity index (χ0) is 15.3. The van der Waals surface area contributed by atoms with E-state index in [1.165, 1.54) is 5.56 Å². The van der Waals surface area contributed by atoms with E-state index in [1.54, 1.807) is 0 Å². The van der Waals surface area contributed by atoms with Gasteiger partial charge in [-0.05, 0) is 43.5 Å². The smallest absolute Gasteiger partial charge is 0.224 e. The summed E-state index contributed by atoms with van der Waals surface area (Å²) in [5, 5.41) is 7.16. The Morgan fingerprint density at radius 1 is 1.33 bits per heavy atom. The highest BCUT2D eigenvalue weighted by molar-refractivity contribution is 6.30. The molecular weight excluding hydrogens is 284 g/mol. The van der Waals surface area contributed by atoms with Crippen molar-refractivity contribution in [3.05, 3.63) is 34.9 Å². The summed E-state index contributed by atoms with van der Waals surface area (Å²) in [6.07, 6.45) is 2.93. The van der Waals surface area contributed by atoms with Gasteiger partial charge in [0.05, 0.1) is 5.92 Å². The molecular formula is C17H25ClN2O. The first-order valence-corrected chi connectivity index (χ1v) is 8.23. The van der Waals surface area contributed by atoms with Gasteiger partial charge in [-0.1, -0.05) is 37.6 Å². The quantitative estimate of drug-likeness (QED) is 0.848. The SMILES string of the molecule is CCC(CC)(CNC(=O)C1CCNC1)c1ccc(Cl)cc1. The van der Waals surface area contributed by atoms with Crippen LogP contribution >= 0.6 is 11.6 Å². The molecule has 0 bridgehead atoms. The van der Waals surface area contributed by atoms with Gasteiger partial charge in [0.25, 0.3) is 0 Å². The van der Waals surface area contributed by atoms with Crippen LogP contribution in [-0.4, -0.2) is 25.5 Å². The lowest BCUT2D eigenvalue weighted by molar-refractivity contribution is -0.124. The van der Waals surface area contributed by atoms with E-state index in [4.69, 9.17) is 11.6 Å². The van der Waals surface area contributed by atoms with Crippen molar-refractivity contribution >= 4 is 17.5 Å². The standard InChI is InChI=1S/C17H25ClN2O/c1-3-17(4-2,14-5-7-15(18)8-6-14)12-20-16(21)13-9-10-19-11-13/h5-8,13,19H,3-4,9-12H2,1-2H3,(H,20,21). The Morgan fingerprint density at radius 3 is 2.52 bits per heavy atom. The fourth-order valence-electron chi connectivity index (χ4n) is 3.09. The number of halogens is 1. The Labute approximate surface area is 132 Å². The Kier molecular flexibility index (Phi) is 5.65. The summed E-state index contributed by atoms with van der Waals surface area (Å²) in [6, 6.07) is 8.02. The van der Waals surface area contributed by atoms with Crippen LogP contribution in [0.4, 0.5) is 0 Å². The molecule has 1 heterocycles. The highest BCUT2D eigenvalue weighted by Crippen LogP contribution is 2.32. The molecule has 1 amide bonds. The predicted octanol–water partition coefficient (Wildman–Crippen LogP) is 3.12. The molecule has 1 aliphatic rings. The molecule has 0 aliphatic carbocycles. The van der Waals surface area contributed by atoms with Crippen molar-refractivity contribution in [3.63, 3.8) is 0 Å². The van der Waals surface area contributed by atoms with Crippen LogP contribution in [0.15, 0.2) is 24.3 Å². The third-order valence-electron chi connectivity index (χ3n) is 4.84. The van der Waals surface area contributed by atoms with E-state index in [9.17, 15) is 4.79 Å². The van der Waals surface area contributed by atoms with Gasteiger partial charge in [-0.15, -0.1) is 0 Å². The summed E-state index contributed by atoms with van der Waals surface area (Å²) in [4.78, 5) is 12.2. The average molecular weight is 309 g/mol. The maximum atomic E-state index is 12.2. The lowest BCUT2D eigenvalue weighted by atomic mass is 9.75. The third kappa shape index (κ3) is 3.78. The summed E-state index contributed by atoms with van der Waals surface area (Å²) >= 11 is 5.99. The molecule has 2 rings (SSSR count). The molecule has 0 spiro atoms. The van der Waals surface area contributed by atoms with Gasteiger partial charge >= 0.3 is 0 Å². The van der Waals surface area contributed by atoms with E-state index in [1.807, 2.05) is 12.1 Å². The fraction of sp³-hybridized carbons (Fsp3) is 0.588. The molecule has 0 aromatic heterocycles. The van der Waals surface area contributed by atoms with Gasteiger partial charge in [-0.3, -0.25) is 4.79 Å². The third-order valence-corrected chi connectivity index (χ3v) is 5.09. The van der Waals surface area contributed by atoms with Crippen molar-refractivity contribution < 1.29 is 4.79 Å². The normalized spacial score (nSPS) is 18.7. The number of amides is 1. The van der Waals surface area contributed by atoms with Crippen LogP contribution in [0.1, 0.15) is 38.7 Å². The molecule has 0 saturated carbocycles. The van der Waals surface area contributed by atoms with Crippen LogP contribution in [0, 0.1) is 5.92 Å². The number of carbonyl (C=O) groups excluding carboxylic acids is 1. The average Bonchev–Trinajstić information content (AvgIpc) is 3.04. The van der Waals surface area contributed by atoms with Crippen LogP contribution in [0.3, 0.4) is 0 Å². The van der Waals surface area contributed by atoms with Crippen LogP contribution < -0.4 is 10.6 Å². The molecule has 1 saturated heterocycles. The van der Waals surface area contributed by atoms with Crippen molar-refractivity contribution in [2.75, 3.05) is 19.6 Å². The monoisotopic (exact) mass is 308 g/mol. The zero-order valence-corrected chi connectivity index (χ0v) is 13.7. The second-order valence-electron chi connectivity index (χ2n) is 5.90. The van der Waals surface area contributed by atoms with Crippen molar-refractivity contribution in [3.8, 4) is 0 Å². The Morgan fingerprint density at radius 2 is 2.00 bits per heavy atom. The Bertz CT molecular complexity index is 462. The Balaban J connectivity index is 2.07. The van der Waals surface area contributed by atoms with Gasteiger partial charge in [-0.2, -0.15) is 0 Å². The van der Waals surface area contributed by atoms with E-state index in [-0.39, 0.29) is 17.2 Å². The first-order valence-electron chi connectivity index (χ1n) is 7.86. The van der Waals surface area contributed by atoms with Crippen molar-refractivity contribution in [1.29, 1.82) is 0 Å². The van der Waals surface area contributed by atoms with Gasteiger partial charge in [0.15, 0.2) is 0 Å². The summed E-state index contributed by atoms with van der Waals surface area (Å²) in [5.74, 6) is 0.307. The van der Waals surface area contributed by atoms with Crippen LogP contribution in [0.5, 0.6) is 0 Å². The van der Waals surface area contributed by atoms with Gasteiger partial charge < -0.3 is 10.6 Å². The van der Waals surface area contributed by atoms with Gasteiger partial charge in [0.1, 0.15) is 0 Å². The highest BCUT2D eigenvalue weighted by Gasteiger charge is 2.30. The molecule has 21 heavy (non-hydrogen) atoms. The minimum absolute atomic E-state index is 0.00766. The van der Waals surface area contributed by atoms with Crippen LogP contribution in [0.2, 0.25) is 5.02 Å². The van der Waals surface area contributed by atoms with Gasteiger partial charge in [0, 0.05) is 23.5 Å². The fourth-order valence-corrected chi connectivity index (χ4v) is 3.22. The summed E-state index contributed by atoms with van der Waals surface area (Å²) in [7, 11) is 0. The highest BCUT2D eigenvalue weighted by atomic mass is 35.5. The molecule has 1 aliphatic heterocycles. The first-order chi connectivity index (χ1) is 10.1. The molecule has 3 nitrogen and oxygen atoms in total. The number of hydrogen-bond acceptors (Lipinski definition) is 2. The van der Waals surface area contributed by atoms with Gasteiger partial charge in [0.2, 0.25) is 5.91 Å². The molecule has 1 aromatic carbocycles. The van der Waals surface area contributed by atoms with Crippen LogP contribution in [-0.2, 0) is 10.2 Å². The molecule has 0 radical (unpaired) electrons. The maximum Gasteiger partial charge on any atom is 0.224 e. The number of rotatable bonds is 6. The number of nitrogens with one attached hydrogen (secondary N) is 2. The molecule has 116 valence electrons. The molecule has 1 fully saturated rings.